The Kier molecular flexibility index (Phi) is 5.20. The van der Waals surface area contributed by atoms with Gasteiger partial charge in [0.2, 0.25) is 0 Å². The molecule has 2 heterocycles. The summed E-state index contributed by atoms with van der Waals surface area (Å²) in [6.07, 6.45) is 0. The van der Waals surface area contributed by atoms with Gasteiger partial charge in [-0.05, 0) is 37.4 Å². The predicted molar refractivity (Wildman–Crippen MR) is 96.4 cm³/mol. The molecule has 0 aliphatic carbocycles. The second-order valence-corrected chi connectivity index (χ2v) is 6.90. The predicted octanol–water partition coefficient (Wildman–Crippen LogP) is 5.17. The van der Waals surface area contributed by atoms with Crippen molar-refractivity contribution in [3.05, 3.63) is 62.8 Å². The molecule has 1 aromatic carbocycles. The van der Waals surface area contributed by atoms with Gasteiger partial charge in [-0.2, -0.15) is 0 Å². The monoisotopic (exact) mass is 378 g/mol. The van der Waals surface area contributed by atoms with E-state index in [1.165, 1.54) is 12.1 Å². The van der Waals surface area contributed by atoms with Gasteiger partial charge < -0.3 is 9.42 Å². The van der Waals surface area contributed by atoms with E-state index in [-0.39, 0.29) is 27.8 Å². The van der Waals surface area contributed by atoms with Crippen LogP contribution in [-0.4, -0.2) is 22.5 Å². The van der Waals surface area contributed by atoms with Crippen LogP contribution >= 0.6 is 22.9 Å². The lowest BCUT2D eigenvalue weighted by Crippen LogP contribution is -2.30. The summed E-state index contributed by atoms with van der Waals surface area (Å²) < 4.78 is 19.5. The Morgan fingerprint density at radius 2 is 2.16 bits per heavy atom. The van der Waals surface area contributed by atoms with Crippen molar-refractivity contribution in [2.45, 2.75) is 20.4 Å². The molecule has 4 nitrogen and oxygen atoms in total. The van der Waals surface area contributed by atoms with Crippen LogP contribution in [0, 0.1) is 12.7 Å². The van der Waals surface area contributed by atoms with E-state index in [2.05, 4.69) is 5.16 Å². The lowest BCUT2D eigenvalue weighted by Gasteiger charge is -2.20. The molecule has 0 spiro atoms. The first-order chi connectivity index (χ1) is 12.0. The lowest BCUT2D eigenvalue weighted by molar-refractivity contribution is 0.0753. The van der Waals surface area contributed by atoms with E-state index in [1.54, 1.807) is 29.2 Å². The van der Waals surface area contributed by atoms with Gasteiger partial charge in [-0.15, -0.1) is 11.3 Å². The van der Waals surface area contributed by atoms with Crippen LogP contribution in [0.2, 0.25) is 5.02 Å². The number of aryl methyl sites for hydroxylation is 1. The second kappa shape index (κ2) is 7.37. The molecule has 0 atom stereocenters. The van der Waals surface area contributed by atoms with Gasteiger partial charge in [0.05, 0.1) is 17.1 Å². The molecule has 7 heteroatoms. The van der Waals surface area contributed by atoms with Gasteiger partial charge in [-0.25, -0.2) is 4.39 Å². The summed E-state index contributed by atoms with van der Waals surface area (Å²) in [5.74, 6) is -0.468. The van der Waals surface area contributed by atoms with E-state index in [0.717, 1.165) is 4.88 Å². The van der Waals surface area contributed by atoms with Crippen LogP contribution in [0.1, 0.15) is 27.9 Å². The highest BCUT2D eigenvalue weighted by molar-refractivity contribution is 7.09. The molecule has 3 rings (SSSR count). The number of hydrogen-bond acceptors (Lipinski definition) is 4. The van der Waals surface area contributed by atoms with Crippen LogP contribution in [-0.2, 0) is 6.54 Å². The zero-order valence-corrected chi connectivity index (χ0v) is 15.3. The molecule has 2 aromatic heterocycles. The van der Waals surface area contributed by atoms with Gasteiger partial charge in [-0.3, -0.25) is 4.79 Å². The number of hydrogen-bond donors (Lipinski definition) is 0. The lowest BCUT2D eigenvalue weighted by atomic mass is 10.0. The van der Waals surface area contributed by atoms with E-state index in [9.17, 15) is 9.18 Å². The number of amides is 1. The molecule has 0 saturated carbocycles. The molecule has 25 heavy (non-hydrogen) atoms. The number of carbonyl (C=O) groups excluding carboxylic acids is 1. The highest BCUT2D eigenvalue weighted by Crippen LogP contribution is 2.34. The summed E-state index contributed by atoms with van der Waals surface area (Å²) in [7, 11) is 0. The quantitative estimate of drug-likeness (QED) is 0.615. The standard InChI is InChI=1S/C18H16ClFN2O2S/c1-3-22(10-12-6-5-9-25-12)18(23)15-11(2)24-21-17(15)16-13(19)7-4-8-14(16)20/h4-9H,3,10H2,1-2H3. The van der Waals surface area contributed by atoms with Crippen molar-refractivity contribution in [1.82, 2.24) is 10.1 Å². The topological polar surface area (TPSA) is 46.3 Å². The third-order valence-electron chi connectivity index (χ3n) is 3.87. The molecule has 0 bridgehead atoms. The molecule has 3 aromatic rings. The molecule has 130 valence electrons. The van der Waals surface area contributed by atoms with Gasteiger partial charge in [0.25, 0.3) is 5.91 Å². The Hall–Kier alpha value is -2.18. The summed E-state index contributed by atoms with van der Waals surface area (Å²) in [5.41, 5.74) is 0.456. The number of rotatable bonds is 5. The zero-order chi connectivity index (χ0) is 18.0. The number of carbonyl (C=O) groups is 1. The summed E-state index contributed by atoms with van der Waals surface area (Å²) in [5, 5.41) is 6.04. The Bertz CT molecular complexity index is 872. The summed E-state index contributed by atoms with van der Waals surface area (Å²) >= 11 is 7.71. The van der Waals surface area contributed by atoms with Crippen LogP contribution in [0.15, 0.2) is 40.2 Å². The molecular formula is C18H16ClFN2O2S. The number of thiophene rings is 1. The van der Waals surface area contributed by atoms with Crippen LogP contribution in [0.3, 0.4) is 0 Å². The molecule has 0 aliphatic rings. The average molecular weight is 379 g/mol. The number of aromatic nitrogens is 1. The van der Waals surface area contributed by atoms with Crippen molar-refractivity contribution >= 4 is 28.8 Å². The van der Waals surface area contributed by atoms with Crippen molar-refractivity contribution in [3.8, 4) is 11.3 Å². The summed E-state index contributed by atoms with van der Waals surface area (Å²) in [4.78, 5) is 15.8. The van der Waals surface area contributed by atoms with E-state index >= 15 is 0 Å². The first-order valence-electron chi connectivity index (χ1n) is 7.75. The van der Waals surface area contributed by atoms with Crippen LogP contribution < -0.4 is 0 Å². The van der Waals surface area contributed by atoms with E-state index in [4.69, 9.17) is 16.1 Å². The van der Waals surface area contributed by atoms with Crippen molar-refractivity contribution in [1.29, 1.82) is 0 Å². The minimum Gasteiger partial charge on any atom is -0.360 e. The number of halogens is 2. The van der Waals surface area contributed by atoms with Crippen LogP contribution in [0.25, 0.3) is 11.3 Å². The van der Waals surface area contributed by atoms with Crippen molar-refractivity contribution < 1.29 is 13.7 Å². The van der Waals surface area contributed by atoms with E-state index in [0.29, 0.717) is 18.8 Å². The SMILES string of the molecule is CCN(Cc1cccs1)C(=O)c1c(-c2c(F)cccc2Cl)noc1C. The maximum Gasteiger partial charge on any atom is 0.260 e. The van der Waals surface area contributed by atoms with E-state index < -0.39 is 5.82 Å². The highest BCUT2D eigenvalue weighted by atomic mass is 35.5. The Morgan fingerprint density at radius 1 is 1.36 bits per heavy atom. The van der Waals surface area contributed by atoms with Crippen LogP contribution in [0.4, 0.5) is 4.39 Å². The molecule has 0 aliphatic heterocycles. The molecule has 0 N–H and O–H groups in total. The third kappa shape index (κ3) is 3.45. The van der Waals surface area contributed by atoms with Gasteiger partial charge in [-0.1, -0.05) is 28.9 Å². The average Bonchev–Trinajstić information content (AvgIpc) is 3.22. The van der Waals surface area contributed by atoms with Crippen LogP contribution in [0.5, 0.6) is 0 Å². The van der Waals surface area contributed by atoms with Crippen molar-refractivity contribution in [3.63, 3.8) is 0 Å². The van der Waals surface area contributed by atoms with Gasteiger partial charge >= 0.3 is 0 Å². The Balaban J connectivity index is 2.02. The zero-order valence-electron chi connectivity index (χ0n) is 13.8. The minimum atomic E-state index is -0.545. The second-order valence-electron chi connectivity index (χ2n) is 5.46. The normalized spacial score (nSPS) is 10.9. The molecule has 0 fully saturated rings. The largest absolute Gasteiger partial charge is 0.360 e. The van der Waals surface area contributed by atoms with Crippen molar-refractivity contribution in [2.24, 2.45) is 0 Å². The number of benzene rings is 1. The first-order valence-corrected chi connectivity index (χ1v) is 9.01. The molecule has 0 saturated heterocycles. The third-order valence-corrected chi connectivity index (χ3v) is 5.05. The molecule has 1 amide bonds. The molecule has 0 radical (unpaired) electrons. The maximum atomic E-state index is 14.3. The fraction of sp³-hybridized carbons (Fsp3) is 0.222. The minimum absolute atomic E-state index is 0.0801. The van der Waals surface area contributed by atoms with Gasteiger partial charge in [0.1, 0.15) is 22.8 Å². The molecule has 0 unspecified atom stereocenters. The van der Waals surface area contributed by atoms with E-state index in [1.807, 2.05) is 24.4 Å². The van der Waals surface area contributed by atoms with Gasteiger partial charge in [0, 0.05) is 11.4 Å². The Labute approximate surface area is 153 Å². The highest BCUT2D eigenvalue weighted by Gasteiger charge is 2.28. The Morgan fingerprint density at radius 3 is 2.80 bits per heavy atom. The van der Waals surface area contributed by atoms with Gasteiger partial charge in [0.15, 0.2) is 0 Å². The number of nitrogens with zero attached hydrogens (tertiary/aromatic N) is 2. The maximum absolute atomic E-state index is 14.3. The summed E-state index contributed by atoms with van der Waals surface area (Å²) in [6.45, 7) is 4.51. The molecular weight excluding hydrogens is 363 g/mol. The summed E-state index contributed by atoms with van der Waals surface area (Å²) in [6, 6.07) is 8.25. The smallest absolute Gasteiger partial charge is 0.260 e. The first kappa shape index (κ1) is 17.6. The van der Waals surface area contributed by atoms with Crippen molar-refractivity contribution in [2.75, 3.05) is 6.54 Å². The fourth-order valence-corrected chi connectivity index (χ4v) is 3.57. The fourth-order valence-electron chi connectivity index (χ4n) is 2.59.